The summed E-state index contributed by atoms with van der Waals surface area (Å²) in [6.45, 7) is 0.166. The number of pyridine rings is 1. The monoisotopic (exact) mass is 458 g/mol. The van der Waals surface area contributed by atoms with Gasteiger partial charge < -0.3 is 19.4 Å². The van der Waals surface area contributed by atoms with Crippen LogP contribution in [0.25, 0.3) is 22.2 Å². The summed E-state index contributed by atoms with van der Waals surface area (Å²) >= 11 is 0. The molecule has 34 heavy (non-hydrogen) atoms. The minimum atomic E-state index is -1.61. The molecule has 0 spiro atoms. The SMILES string of the molecule is COc1ccc2c(c1)C(=O)N(CC1(c3cc4c(-c5cn[nH]c5)nccc4o3)NC(=O)NC1=O)C2. The van der Waals surface area contributed by atoms with Crippen molar-refractivity contribution in [3.8, 4) is 17.0 Å². The van der Waals surface area contributed by atoms with Gasteiger partial charge in [0.05, 0.1) is 25.5 Å². The number of methoxy groups -OCH3 is 1. The number of furan rings is 1. The van der Waals surface area contributed by atoms with Crippen LogP contribution in [0.15, 0.2) is 53.3 Å². The first-order chi connectivity index (χ1) is 16.5. The number of nitrogens with one attached hydrogen (secondary N) is 3. The first-order valence-electron chi connectivity index (χ1n) is 10.5. The molecule has 3 aromatic heterocycles. The largest absolute Gasteiger partial charge is 0.497 e. The third-order valence-corrected chi connectivity index (χ3v) is 6.20. The fourth-order valence-electron chi connectivity index (χ4n) is 4.52. The van der Waals surface area contributed by atoms with Crippen molar-refractivity contribution in [1.29, 1.82) is 0 Å². The number of amides is 4. The molecule has 170 valence electrons. The molecule has 11 nitrogen and oxygen atoms in total. The lowest BCUT2D eigenvalue weighted by Crippen LogP contribution is -2.52. The lowest BCUT2D eigenvalue weighted by atomic mass is 9.95. The van der Waals surface area contributed by atoms with Gasteiger partial charge in [-0.1, -0.05) is 6.07 Å². The number of benzene rings is 1. The predicted octanol–water partition coefficient (Wildman–Crippen LogP) is 1.92. The first kappa shape index (κ1) is 20.0. The molecule has 4 amide bonds. The zero-order valence-corrected chi connectivity index (χ0v) is 17.9. The highest BCUT2D eigenvalue weighted by Gasteiger charge is 2.53. The summed E-state index contributed by atoms with van der Waals surface area (Å²) in [4.78, 5) is 44.5. The molecule has 1 saturated heterocycles. The molecule has 2 aliphatic heterocycles. The van der Waals surface area contributed by atoms with Crippen LogP contribution in [0.3, 0.4) is 0 Å². The number of urea groups is 1. The number of aromatic amines is 1. The van der Waals surface area contributed by atoms with Crippen LogP contribution in [-0.2, 0) is 16.9 Å². The van der Waals surface area contributed by atoms with Gasteiger partial charge in [-0.2, -0.15) is 5.10 Å². The second-order valence-corrected chi connectivity index (χ2v) is 8.17. The van der Waals surface area contributed by atoms with E-state index < -0.39 is 17.5 Å². The third-order valence-electron chi connectivity index (χ3n) is 6.20. The van der Waals surface area contributed by atoms with Gasteiger partial charge in [-0.25, -0.2) is 4.79 Å². The number of imide groups is 1. The Hall–Kier alpha value is -4.67. The lowest BCUT2D eigenvalue weighted by molar-refractivity contribution is -0.125. The summed E-state index contributed by atoms with van der Waals surface area (Å²) in [5.74, 6) is -0.105. The Morgan fingerprint density at radius 3 is 2.82 bits per heavy atom. The van der Waals surface area contributed by atoms with Gasteiger partial charge in [-0.05, 0) is 29.8 Å². The minimum absolute atomic E-state index is 0.116. The Bertz CT molecular complexity index is 1480. The molecular formula is C23H18N6O5. The van der Waals surface area contributed by atoms with Crippen LogP contribution in [0.4, 0.5) is 4.79 Å². The van der Waals surface area contributed by atoms with E-state index in [-0.39, 0.29) is 24.8 Å². The lowest BCUT2D eigenvalue weighted by Gasteiger charge is -2.29. The molecule has 2 aliphatic rings. The number of ether oxygens (including phenoxy) is 1. The zero-order valence-electron chi connectivity index (χ0n) is 17.9. The van der Waals surface area contributed by atoms with Gasteiger partial charge in [0.2, 0.25) is 0 Å². The number of carbonyl (C=O) groups excluding carboxylic acids is 3. The van der Waals surface area contributed by atoms with Crippen LogP contribution in [0.2, 0.25) is 0 Å². The van der Waals surface area contributed by atoms with Crippen LogP contribution in [0.1, 0.15) is 21.7 Å². The van der Waals surface area contributed by atoms with Crippen LogP contribution in [0.5, 0.6) is 5.75 Å². The quantitative estimate of drug-likeness (QED) is 0.388. The van der Waals surface area contributed by atoms with Crippen molar-refractivity contribution in [2.45, 2.75) is 12.1 Å². The molecule has 0 radical (unpaired) electrons. The number of rotatable bonds is 5. The second-order valence-electron chi connectivity index (χ2n) is 8.17. The molecule has 0 bridgehead atoms. The van der Waals surface area contributed by atoms with E-state index in [9.17, 15) is 14.4 Å². The van der Waals surface area contributed by atoms with Gasteiger partial charge in [-0.3, -0.25) is 25.0 Å². The van der Waals surface area contributed by atoms with Crippen molar-refractivity contribution in [3.63, 3.8) is 0 Å². The summed E-state index contributed by atoms with van der Waals surface area (Å²) in [6, 6.07) is 7.95. The van der Waals surface area contributed by atoms with Gasteiger partial charge in [0, 0.05) is 35.5 Å². The minimum Gasteiger partial charge on any atom is -0.497 e. The fourth-order valence-corrected chi connectivity index (χ4v) is 4.52. The van der Waals surface area contributed by atoms with Crippen LogP contribution >= 0.6 is 0 Å². The van der Waals surface area contributed by atoms with Crippen molar-refractivity contribution >= 4 is 28.8 Å². The maximum atomic E-state index is 13.2. The van der Waals surface area contributed by atoms with E-state index in [2.05, 4.69) is 25.8 Å². The van der Waals surface area contributed by atoms with Gasteiger partial charge in [0.25, 0.3) is 11.8 Å². The highest BCUT2D eigenvalue weighted by Crippen LogP contribution is 2.37. The first-order valence-corrected chi connectivity index (χ1v) is 10.5. The maximum absolute atomic E-state index is 13.2. The summed E-state index contributed by atoms with van der Waals surface area (Å²) in [6.07, 6.45) is 4.91. The number of hydrogen-bond donors (Lipinski definition) is 3. The standard InChI is InChI=1S/C23H18N6O5/c1-33-14-3-2-12-10-29(20(30)15(12)6-14)11-23(21(31)27-22(32)28-23)18-7-16-17(34-18)4-5-24-19(16)13-8-25-26-9-13/h2-9H,10-11H2,1H3,(H,25,26)(H2,27,28,31,32). The molecule has 1 atom stereocenters. The highest BCUT2D eigenvalue weighted by molar-refractivity contribution is 6.08. The van der Waals surface area contributed by atoms with Crippen LogP contribution in [0, 0.1) is 0 Å². The number of fused-ring (bicyclic) bond motifs is 2. The van der Waals surface area contributed by atoms with E-state index in [1.54, 1.807) is 42.9 Å². The van der Waals surface area contributed by atoms with E-state index >= 15 is 0 Å². The number of nitrogens with zero attached hydrogens (tertiary/aromatic N) is 3. The second kappa shape index (κ2) is 7.17. The Kier molecular flexibility index (Phi) is 4.21. The topological polar surface area (TPSA) is 142 Å². The summed E-state index contributed by atoms with van der Waals surface area (Å²) in [5.41, 5.74) is 1.53. The number of hydrogen-bond acceptors (Lipinski definition) is 7. The average molecular weight is 458 g/mol. The predicted molar refractivity (Wildman–Crippen MR) is 118 cm³/mol. The van der Waals surface area contributed by atoms with Crippen molar-refractivity contribution in [2.24, 2.45) is 0 Å². The summed E-state index contributed by atoms with van der Waals surface area (Å²) in [7, 11) is 1.53. The molecule has 3 N–H and O–H groups in total. The zero-order chi connectivity index (χ0) is 23.4. The van der Waals surface area contributed by atoms with E-state index in [4.69, 9.17) is 9.15 Å². The molecular weight excluding hydrogens is 440 g/mol. The highest BCUT2D eigenvalue weighted by atomic mass is 16.5. The van der Waals surface area contributed by atoms with E-state index in [1.165, 1.54) is 12.0 Å². The van der Waals surface area contributed by atoms with Crippen molar-refractivity contribution < 1.29 is 23.5 Å². The molecule has 11 heteroatoms. The summed E-state index contributed by atoms with van der Waals surface area (Å²) in [5, 5.41) is 12.3. The number of H-pyrrole nitrogens is 1. The summed E-state index contributed by atoms with van der Waals surface area (Å²) < 4.78 is 11.3. The fraction of sp³-hybridized carbons (Fsp3) is 0.174. The molecule has 1 unspecified atom stereocenters. The van der Waals surface area contributed by atoms with Gasteiger partial charge in [0.1, 0.15) is 17.1 Å². The van der Waals surface area contributed by atoms with Crippen molar-refractivity contribution in [1.82, 2.24) is 30.7 Å². The smallest absolute Gasteiger partial charge is 0.322 e. The van der Waals surface area contributed by atoms with Gasteiger partial charge in [-0.15, -0.1) is 0 Å². The molecule has 5 heterocycles. The van der Waals surface area contributed by atoms with Crippen LogP contribution < -0.4 is 15.4 Å². The number of carbonyl (C=O) groups is 3. The molecule has 0 saturated carbocycles. The van der Waals surface area contributed by atoms with E-state index in [1.807, 2.05) is 6.07 Å². The average Bonchev–Trinajstić information content (AvgIpc) is 3.61. The Balaban J connectivity index is 1.43. The third kappa shape index (κ3) is 2.86. The van der Waals surface area contributed by atoms with Gasteiger partial charge >= 0.3 is 6.03 Å². The van der Waals surface area contributed by atoms with E-state index in [0.29, 0.717) is 28.0 Å². The molecule has 1 fully saturated rings. The van der Waals surface area contributed by atoms with Crippen molar-refractivity contribution in [3.05, 3.63) is 65.8 Å². The maximum Gasteiger partial charge on any atom is 0.322 e. The molecule has 4 aromatic rings. The van der Waals surface area contributed by atoms with Crippen molar-refractivity contribution in [2.75, 3.05) is 13.7 Å². The molecule has 6 rings (SSSR count). The Labute approximate surface area is 192 Å². The Morgan fingerprint density at radius 1 is 1.21 bits per heavy atom. The van der Waals surface area contributed by atoms with E-state index in [0.717, 1.165) is 11.1 Å². The number of aromatic nitrogens is 3. The normalized spacial score (nSPS) is 19.4. The molecule has 1 aromatic carbocycles. The Morgan fingerprint density at radius 2 is 2.09 bits per heavy atom. The van der Waals surface area contributed by atoms with Crippen LogP contribution in [-0.4, -0.2) is 51.6 Å². The molecule has 0 aliphatic carbocycles. The van der Waals surface area contributed by atoms with Gasteiger partial charge in [0.15, 0.2) is 5.54 Å².